The van der Waals surface area contributed by atoms with Gasteiger partial charge in [0, 0.05) is 30.9 Å². The molecular weight excluding hydrogens is 223 g/mol. The third kappa shape index (κ3) is 4.07. The summed E-state index contributed by atoms with van der Waals surface area (Å²) in [6.07, 6.45) is 2.91. The molecule has 0 aliphatic carbocycles. The maximum atomic E-state index is 11.1. The Kier molecular flexibility index (Phi) is 5.59. The van der Waals surface area contributed by atoms with Crippen molar-refractivity contribution < 1.29 is 33.3 Å². The molecule has 0 spiro atoms. The number of carbonyl (C=O) groups excluding carboxylic acids is 1. The van der Waals surface area contributed by atoms with Crippen molar-refractivity contribution in [3.8, 4) is 0 Å². The minimum atomic E-state index is -1.07. The molecule has 1 heterocycles. The van der Waals surface area contributed by atoms with Crippen molar-refractivity contribution in [3.63, 3.8) is 0 Å². The number of nitrogens with zero attached hydrogens (tertiary/aromatic N) is 1. The molecule has 5 nitrogen and oxygen atoms in total. The number of aromatic nitrogens is 1. The summed E-state index contributed by atoms with van der Waals surface area (Å²) < 4.78 is 0. The van der Waals surface area contributed by atoms with E-state index in [1.807, 2.05) is 0 Å². The Balaban J connectivity index is 0.00000169. The molecule has 14 heavy (non-hydrogen) atoms. The average molecular weight is 231 g/mol. The molecule has 0 unspecified atom stereocenters. The molecule has 73 valence electrons. The van der Waals surface area contributed by atoms with E-state index < -0.39 is 11.9 Å². The van der Waals surface area contributed by atoms with Crippen LogP contribution in [0.5, 0.6) is 0 Å². The van der Waals surface area contributed by atoms with Crippen LogP contribution in [-0.4, -0.2) is 28.5 Å². The summed E-state index contributed by atoms with van der Waals surface area (Å²) in [5, 5.41) is 10.5. The summed E-state index contributed by atoms with van der Waals surface area (Å²) in [5.41, 5.74) is 0.351. The van der Waals surface area contributed by atoms with Gasteiger partial charge in [-0.05, 0) is 12.1 Å². The number of hydrogen-bond donors (Lipinski definition) is 2. The van der Waals surface area contributed by atoms with E-state index in [2.05, 4.69) is 10.3 Å². The van der Waals surface area contributed by atoms with Crippen LogP contribution in [-0.2, 0) is 23.4 Å². The second kappa shape index (κ2) is 6.18. The Labute approximate surface area is 92.4 Å². The van der Waals surface area contributed by atoms with E-state index in [4.69, 9.17) is 5.11 Å². The van der Waals surface area contributed by atoms with E-state index in [1.165, 1.54) is 12.4 Å². The second-order valence-corrected chi connectivity index (χ2v) is 2.32. The molecule has 0 aromatic carbocycles. The van der Waals surface area contributed by atoms with Gasteiger partial charge in [-0.2, -0.15) is 0 Å². The minimum Gasteiger partial charge on any atom is -0.480 e. The Morgan fingerprint density at radius 1 is 1.50 bits per heavy atom. The second-order valence-electron chi connectivity index (χ2n) is 2.32. The molecule has 1 amide bonds. The van der Waals surface area contributed by atoms with Crippen molar-refractivity contribution >= 4 is 11.9 Å². The van der Waals surface area contributed by atoms with Gasteiger partial charge in [0.15, 0.2) is 0 Å². The molecule has 0 aliphatic heterocycles. The monoisotopic (exact) mass is 231 g/mol. The molecule has 0 saturated carbocycles. The van der Waals surface area contributed by atoms with Gasteiger partial charge >= 0.3 is 5.97 Å². The number of nitrogens with one attached hydrogen (secondary N) is 1. The summed E-state index contributed by atoms with van der Waals surface area (Å²) >= 11 is 0. The minimum absolute atomic E-state index is 0. The molecule has 1 radical (unpaired) electrons. The summed E-state index contributed by atoms with van der Waals surface area (Å²) in [5.74, 6) is -1.51. The van der Waals surface area contributed by atoms with Gasteiger partial charge in [0.05, 0.1) is 5.56 Å². The van der Waals surface area contributed by atoms with Crippen LogP contribution in [0.15, 0.2) is 24.5 Å². The Bertz CT molecular complexity index is 316. The standard InChI is InChI=1S/C8H8N2O3.V/c11-7(12)5-10-8(13)6-2-1-3-9-4-6;/h1-4H,5H2,(H,10,13)(H,11,12);. The van der Waals surface area contributed by atoms with Crippen LogP contribution in [0.4, 0.5) is 0 Å². The third-order valence-electron chi connectivity index (χ3n) is 1.32. The van der Waals surface area contributed by atoms with Crippen molar-refractivity contribution in [2.75, 3.05) is 6.54 Å². The largest absolute Gasteiger partial charge is 0.480 e. The van der Waals surface area contributed by atoms with Crippen LogP contribution in [0.3, 0.4) is 0 Å². The molecule has 1 aromatic heterocycles. The zero-order chi connectivity index (χ0) is 9.68. The van der Waals surface area contributed by atoms with E-state index in [9.17, 15) is 9.59 Å². The van der Waals surface area contributed by atoms with Crippen molar-refractivity contribution in [2.24, 2.45) is 0 Å². The Morgan fingerprint density at radius 2 is 2.21 bits per heavy atom. The molecule has 2 N–H and O–H groups in total. The molecule has 0 bridgehead atoms. The number of rotatable bonds is 3. The first-order valence-corrected chi connectivity index (χ1v) is 3.60. The van der Waals surface area contributed by atoms with E-state index in [0.717, 1.165) is 0 Å². The zero-order valence-electron chi connectivity index (χ0n) is 7.17. The van der Waals surface area contributed by atoms with Crippen LogP contribution >= 0.6 is 0 Å². The number of hydrogen-bond acceptors (Lipinski definition) is 3. The number of carboxylic acids is 1. The summed E-state index contributed by atoms with van der Waals surface area (Å²) in [6, 6.07) is 3.17. The van der Waals surface area contributed by atoms with Crippen molar-refractivity contribution in [2.45, 2.75) is 0 Å². The van der Waals surface area contributed by atoms with E-state index in [1.54, 1.807) is 12.1 Å². The van der Waals surface area contributed by atoms with E-state index in [0.29, 0.717) is 5.56 Å². The topological polar surface area (TPSA) is 79.3 Å². The van der Waals surface area contributed by atoms with Gasteiger partial charge in [-0.25, -0.2) is 0 Å². The van der Waals surface area contributed by atoms with Gasteiger partial charge < -0.3 is 10.4 Å². The molecule has 1 aromatic rings. The van der Waals surface area contributed by atoms with Gasteiger partial charge in [-0.1, -0.05) is 0 Å². The SMILES string of the molecule is O=C(O)CNC(=O)c1cccnc1.[V]. The smallest absolute Gasteiger partial charge is 0.322 e. The molecule has 0 aliphatic rings. The Morgan fingerprint density at radius 3 is 2.71 bits per heavy atom. The number of aliphatic carboxylic acids is 1. The van der Waals surface area contributed by atoms with Crippen LogP contribution in [0.1, 0.15) is 10.4 Å². The first kappa shape index (κ1) is 12.7. The van der Waals surface area contributed by atoms with Crippen LogP contribution < -0.4 is 5.32 Å². The predicted octanol–water partition coefficient (Wildman–Crippen LogP) is -0.107. The summed E-state index contributed by atoms with van der Waals surface area (Å²) in [4.78, 5) is 25.0. The van der Waals surface area contributed by atoms with Crippen molar-refractivity contribution in [1.82, 2.24) is 10.3 Å². The first-order valence-electron chi connectivity index (χ1n) is 3.60. The maximum absolute atomic E-state index is 11.1. The molecule has 0 atom stereocenters. The van der Waals surface area contributed by atoms with Gasteiger partial charge in [0.25, 0.3) is 5.91 Å². The molecule has 0 fully saturated rings. The average Bonchev–Trinajstić information content (AvgIpc) is 2.15. The normalized spacial score (nSPS) is 8.57. The van der Waals surface area contributed by atoms with Gasteiger partial charge in [-0.15, -0.1) is 0 Å². The number of pyridine rings is 1. The fourth-order valence-electron chi connectivity index (χ4n) is 0.755. The predicted molar refractivity (Wildman–Crippen MR) is 44.2 cm³/mol. The molecule has 1 rings (SSSR count). The van der Waals surface area contributed by atoms with Crippen LogP contribution in [0.2, 0.25) is 0 Å². The van der Waals surface area contributed by atoms with Crippen molar-refractivity contribution in [1.29, 1.82) is 0 Å². The van der Waals surface area contributed by atoms with E-state index in [-0.39, 0.29) is 25.1 Å². The first-order chi connectivity index (χ1) is 6.20. The number of carboxylic acid groups (broad SMARTS) is 1. The quantitative estimate of drug-likeness (QED) is 0.760. The summed E-state index contributed by atoms with van der Waals surface area (Å²) in [7, 11) is 0. The molecule has 6 heteroatoms. The van der Waals surface area contributed by atoms with Gasteiger partial charge in [0.1, 0.15) is 6.54 Å². The third-order valence-corrected chi connectivity index (χ3v) is 1.32. The van der Waals surface area contributed by atoms with Crippen molar-refractivity contribution in [3.05, 3.63) is 30.1 Å². The number of amides is 1. The fraction of sp³-hybridized carbons (Fsp3) is 0.125. The zero-order valence-corrected chi connectivity index (χ0v) is 8.57. The van der Waals surface area contributed by atoms with Crippen LogP contribution in [0.25, 0.3) is 0 Å². The maximum Gasteiger partial charge on any atom is 0.322 e. The number of carbonyl (C=O) groups is 2. The Hall–Kier alpha value is -1.33. The van der Waals surface area contributed by atoms with E-state index >= 15 is 0 Å². The summed E-state index contributed by atoms with van der Waals surface area (Å²) in [6.45, 7) is -0.381. The molecule has 0 saturated heterocycles. The molecular formula is C8H8N2O3V. The fourth-order valence-corrected chi connectivity index (χ4v) is 0.755. The van der Waals surface area contributed by atoms with Gasteiger partial charge in [0.2, 0.25) is 0 Å². The van der Waals surface area contributed by atoms with Crippen LogP contribution in [0, 0.1) is 0 Å². The van der Waals surface area contributed by atoms with Gasteiger partial charge in [-0.3, -0.25) is 14.6 Å².